The highest BCUT2D eigenvalue weighted by Crippen LogP contribution is 2.12. The summed E-state index contributed by atoms with van der Waals surface area (Å²) in [6.07, 6.45) is 6.73. The number of rotatable bonds is 4. The van der Waals surface area contributed by atoms with Crippen LogP contribution in [-0.2, 0) is 6.54 Å². The largest absolute Gasteiger partial charge is 0.315 e. The van der Waals surface area contributed by atoms with Crippen molar-refractivity contribution in [1.82, 2.24) is 9.88 Å². The van der Waals surface area contributed by atoms with E-state index in [9.17, 15) is 4.79 Å². The first-order valence-corrected chi connectivity index (χ1v) is 7.16. The number of fused-ring (bicyclic) bond motifs is 1. The molecule has 3 nitrogen and oxygen atoms in total. The lowest BCUT2D eigenvalue weighted by molar-refractivity contribution is 0.498. The van der Waals surface area contributed by atoms with Gasteiger partial charge in [0, 0.05) is 24.2 Å². The Kier molecular flexibility index (Phi) is 3.65. The zero-order valence-corrected chi connectivity index (χ0v) is 11.1. The van der Waals surface area contributed by atoms with Crippen molar-refractivity contribution in [2.75, 3.05) is 6.54 Å². The normalized spacial score (nSPS) is 19.1. The molecule has 1 aromatic carbocycles. The van der Waals surface area contributed by atoms with Crippen LogP contribution in [0, 0.1) is 0 Å². The maximum Gasteiger partial charge on any atom is 0.258 e. The van der Waals surface area contributed by atoms with Crippen molar-refractivity contribution in [1.29, 1.82) is 0 Å². The third-order valence-electron chi connectivity index (χ3n) is 4.00. The SMILES string of the molecule is O=c1c2ccccc2ccn1CCCC1CCCN1. The van der Waals surface area contributed by atoms with E-state index in [1.807, 2.05) is 41.1 Å². The van der Waals surface area contributed by atoms with Crippen LogP contribution < -0.4 is 10.9 Å². The number of aryl methyl sites for hydroxylation is 1. The molecule has 0 aliphatic carbocycles. The second-order valence-corrected chi connectivity index (χ2v) is 5.34. The molecule has 3 rings (SSSR count). The highest BCUT2D eigenvalue weighted by molar-refractivity contribution is 5.81. The standard InChI is InChI=1S/C16H20N2O/c19-16-15-8-2-1-5-13(15)9-12-18(16)11-4-7-14-6-3-10-17-14/h1-2,5,8-9,12,14,17H,3-4,6-7,10-11H2. The van der Waals surface area contributed by atoms with Crippen LogP contribution in [0.25, 0.3) is 10.8 Å². The number of pyridine rings is 1. The van der Waals surface area contributed by atoms with Gasteiger partial charge < -0.3 is 9.88 Å². The second-order valence-electron chi connectivity index (χ2n) is 5.34. The minimum Gasteiger partial charge on any atom is -0.315 e. The lowest BCUT2D eigenvalue weighted by atomic mass is 10.1. The third-order valence-corrected chi connectivity index (χ3v) is 4.00. The Balaban J connectivity index is 1.70. The zero-order chi connectivity index (χ0) is 13.1. The number of benzene rings is 1. The van der Waals surface area contributed by atoms with Gasteiger partial charge in [-0.05, 0) is 49.7 Å². The predicted molar refractivity (Wildman–Crippen MR) is 78.5 cm³/mol. The van der Waals surface area contributed by atoms with E-state index < -0.39 is 0 Å². The summed E-state index contributed by atoms with van der Waals surface area (Å²) in [7, 11) is 0. The summed E-state index contributed by atoms with van der Waals surface area (Å²) in [5, 5.41) is 5.35. The second kappa shape index (κ2) is 5.57. The molecular weight excluding hydrogens is 236 g/mol. The Bertz CT molecular complexity index is 611. The van der Waals surface area contributed by atoms with Crippen molar-refractivity contribution in [2.45, 2.75) is 38.3 Å². The van der Waals surface area contributed by atoms with Gasteiger partial charge in [-0.25, -0.2) is 0 Å². The van der Waals surface area contributed by atoms with Gasteiger partial charge in [0.05, 0.1) is 0 Å². The number of nitrogens with zero attached hydrogens (tertiary/aromatic N) is 1. The van der Waals surface area contributed by atoms with Gasteiger partial charge in [-0.15, -0.1) is 0 Å². The lowest BCUT2D eigenvalue weighted by Crippen LogP contribution is -2.23. The molecular formula is C16H20N2O. The van der Waals surface area contributed by atoms with Gasteiger partial charge in [0.2, 0.25) is 0 Å². The van der Waals surface area contributed by atoms with Gasteiger partial charge in [-0.1, -0.05) is 18.2 Å². The molecule has 100 valence electrons. The summed E-state index contributed by atoms with van der Waals surface area (Å²) in [5.74, 6) is 0. The number of hydrogen-bond donors (Lipinski definition) is 1. The summed E-state index contributed by atoms with van der Waals surface area (Å²) in [4.78, 5) is 12.3. The Morgan fingerprint density at radius 1 is 1.26 bits per heavy atom. The van der Waals surface area contributed by atoms with E-state index >= 15 is 0 Å². The molecule has 0 amide bonds. The van der Waals surface area contributed by atoms with Crippen LogP contribution >= 0.6 is 0 Å². The van der Waals surface area contributed by atoms with E-state index in [0.29, 0.717) is 6.04 Å². The van der Waals surface area contributed by atoms with E-state index in [0.717, 1.165) is 30.3 Å². The van der Waals surface area contributed by atoms with E-state index in [4.69, 9.17) is 0 Å². The lowest BCUT2D eigenvalue weighted by Gasteiger charge is -2.11. The third kappa shape index (κ3) is 2.71. The Labute approximate surface area is 113 Å². The summed E-state index contributed by atoms with van der Waals surface area (Å²) in [6, 6.07) is 10.5. The molecule has 1 fully saturated rings. The molecule has 1 aliphatic rings. The zero-order valence-electron chi connectivity index (χ0n) is 11.1. The van der Waals surface area contributed by atoms with Crippen LogP contribution in [0.1, 0.15) is 25.7 Å². The van der Waals surface area contributed by atoms with Crippen molar-refractivity contribution >= 4 is 10.8 Å². The van der Waals surface area contributed by atoms with Crippen molar-refractivity contribution in [3.05, 3.63) is 46.9 Å². The van der Waals surface area contributed by atoms with Crippen molar-refractivity contribution in [3.8, 4) is 0 Å². The minimum atomic E-state index is 0.137. The summed E-state index contributed by atoms with van der Waals surface area (Å²) < 4.78 is 1.84. The molecule has 0 saturated carbocycles. The fourth-order valence-electron chi connectivity index (χ4n) is 2.92. The van der Waals surface area contributed by atoms with Gasteiger partial charge in [-0.2, -0.15) is 0 Å². The number of aromatic nitrogens is 1. The first kappa shape index (κ1) is 12.4. The predicted octanol–water partition coefficient (Wildman–Crippen LogP) is 2.53. The Hall–Kier alpha value is -1.61. The Morgan fingerprint density at radius 2 is 2.16 bits per heavy atom. The van der Waals surface area contributed by atoms with Gasteiger partial charge in [0.25, 0.3) is 5.56 Å². The van der Waals surface area contributed by atoms with Crippen LogP contribution in [0.3, 0.4) is 0 Å². The minimum absolute atomic E-state index is 0.137. The summed E-state index contributed by atoms with van der Waals surface area (Å²) in [5.41, 5.74) is 0.137. The molecule has 1 aromatic heterocycles. The quantitative estimate of drug-likeness (QED) is 0.912. The Morgan fingerprint density at radius 3 is 3.00 bits per heavy atom. The maximum atomic E-state index is 12.3. The fourth-order valence-corrected chi connectivity index (χ4v) is 2.92. The average molecular weight is 256 g/mol. The van der Waals surface area contributed by atoms with Crippen molar-refractivity contribution in [2.24, 2.45) is 0 Å². The molecule has 2 aromatic rings. The van der Waals surface area contributed by atoms with E-state index in [1.165, 1.54) is 19.3 Å². The van der Waals surface area contributed by atoms with Crippen LogP contribution in [-0.4, -0.2) is 17.2 Å². The average Bonchev–Trinajstić information content (AvgIpc) is 2.95. The summed E-state index contributed by atoms with van der Waals surface area (Å²) in [6.45, 7) is 1.97. The number of hydrogen-bond acceptors (Lipinski definition) is 2. The van der Waals surface area contributed by atoms with Crippen molar-refractivity contribution in [3.63, 3.8) is 0 Å². The van der Waals surface area contributed by atoms with E-state index in [-0.39, 0.29) is 5.56 Å². The van der Waals surface area contributed by atoms with Crippen LogP contribution in [0.15, 0.2) is 41.3 Å². The molecule has 1 aliphatic heterocycles. The molecule has 1 unspecified atom stereocenters. The van der Waals surface area contributed by atoms with Gasteiger partial charge in [-0.3, -0.25) is 4.79 Å². The topological polar surface area (TPSA) is 34.0 Å². The monoisotopic (exact) mass is 256 g/mol. The number of nitrogens with one attached hydrogen (secondary N) is 1. The molecule has 2 heterocycles. The van der Waals surface area contributed by atoms with Gasteiger partial charge in [0.1, 0.15) is 0 Å². The first-order valence-electron chi connectivity index (χ1n) is 7.16. The smallest absolute Gasteiger partial charge is 0.258 e. The highest BCUT2D eigenvalue weighted by atomic mass is 16.1. The molecule has 0 spiro atoms. The van der Waals surface area contributed by atoms with Crippen molar-refractivity contribution < 1.29 is 0 Å². The van der Waals surface area contributed by atoms with Crippen LogP contribution in [0.5, 0.6) is 0 Å². The highest BCUT2D eigenvalue weighted by Gasteiger charge is 2.13. The molecule has 1 atom stereocenters. The fraction of sp³-hybridized carbons (Fsp3) is 0.438. The molecule has 3 heteroatoms. The van der Waals surface area contributed by atoms with Crippen LogP contribution in [0.2, 0.25) is 0 Å². The van der Waals surface area contributed by atoms with Gasteiger partial charge >= 0.3 is 0 Å². The molecule has 19 heavy (non-hydrogen) atoms. The van der Waals surface area contributed by atoms with E-state index in [2.05, 4.69) is 5.32 Å². The molecule has 0 radical (unpaired) electrons. The first-order chi connectivity index (χ1) is 9.34. The maximum absolute atomic E-state index is 12.3. The molecule has 1 N–H and O–H groups in total. The summed E-state index contributed by atoms with van der Waals surface area (Å²) >= 11 is 0. The molecule has 1 saturated heterocycles. The van der Waals surface area contributed by atoms with E-state index in [1.54, 1.807) is 0 Å². The molecule has 0 bridgehead atoms. The van der Waals surface area contributed by atoms with Crippen LogP contribution in [0.4, 0.5) is 0 Å². The van der Waals surface area contributed by atoms with Gasteiger partial charge in [0.15, 0.2) is 0 Å².